The number of aromatic carboxylic acids is 1. The number of aryl methyl sites for hydroxylation is 1. The Bertz CT molecular complexity index is 690. The van der Waals surface area contributed by atoms with Crippen LogP contribution in [0.15, 0.2) is 29.6 Å². The van der Waals surface area contributed by atoms with Crippen molar-refractivity contribution in [3.8, 4) is 0 Å². The van der Waals surface area contributed by atoms with Crippen molar-refractivity contribution in [3.05, 3.63) is 51.5 Å². The molecule has 2 rings (SSSR count). The molecule has 0 radical (unpaired) electrons. The van der Waals surface area contributed by atoms with Crippen LogP contribution in [0.3, 0.4) is 0 Å². The van der Waals surface area contributed by atoms with E-state index in [1.165, 1.54) is 16.7 Å². The zero-order chi connectivity index (χ0) is 16.3. The molecular weight excluding hydrogens is 300 g/mol. The standard InChI is InChI=1S/C16H18N2O3S/c1-10-4-6-11(7-5-10)16(2,3)15(21)17-8-13-18-12(9-22-13)14(19)20/h4-7,9H,8H2,1-3H3,(H,17,21)(H,19,20). The van der Waals surface area contributed by atoms with Gasteiger partial charge in [0.05, 0.1) is 12.0 Å². The lowest BCUT2D eigenvalue weighted by molar-refractivity contribution is -0.125. The molecule has 0 aliphatic heterocycles. The van der Waals surface area contributed by atoms with Crippen LogP contribution in [0.2, 0.25) is 0 Å². The van der Waals surface area contributed by atoms with Crippen molar-refractivity contribution < 1.29 is 14.7 Å². The Kier molecular flexibility index (Phi) is 4.61. The third-order valence-electron chi connectivity index (χ3n) is 3.51. The highest BCUT2D eigenvalue weighted by Gasteiger charge is 2.29. The maximum Gasteiger partial charge on any atom is 0.355 e. The van der Waals surface area contributed by atoms with Crippen LogP contribution in [0.5, 0.6) is 0 Å². The molecule has 6 heteroatoms. The van der Waals surface area contributed by atoms with Crippen molar-refractivity contribution in [1.82, 2.24) is 10.3 Å². The fraction of sp³-hybridized carbons (Fsp3) is 0.312. The molecule has 0 aliphatic rings. The van der Waals surface area contributed by atoms with Crippen molar-refractivity contribution in [1.29, 1.82) is 0 Å². The first-order chi connectivity index (χ1) is 10.3. The van der Waals surface area contributed by atoms with E-state index in [2.05, 4.69) is 10.3 Å². The van der Waals surface area contributed by atoms with Gasteiger partial charge in [0.1, 0.15) is 5.01 Å². The molecule has 0 saturated heterocycles. The van der Waals surface area contributed by atoms with E-state index in [0.717, 1.165) is 11.1 Å². The van der Waals surface area contributed by atoms with E-state index in [9.17, 15) is 9.59 Å². The van der Waals surface area contributed by atoms with Crippen molar-refractivity contribution in [2.75, 3.05) is 0 Å². The lowest BCUT2D eigenvalue weighted by Gasteiger charge is -2.24. The Morgan fingerprint density at radius 3 is 2.45 bits per heavy atom. The maximum absolute atomic E-state index is 12.4. The van der Waals surface area contributed by atoms with Crippen molar-refractivity contribution in [2.24, 2.45) is 0 Å². The van der Waals surface area contributed by atoms with Crippen LogP contribution in [0.4, 0.5) is 0 Å². The topological polar surface area (TPSA) is 79.3 Å². The van der Waals surface area contributed by atoms with Crippen LogP contribution in [-0.4, -0.2) is 22.0 Å². The average Bonchev–Trinajstić information content (AvgIpc) is 2.94. The summed E-state index contributed by atoms with van der Waals surface area (Å²) in [5.74, 6) is -1.18. The Morgan fingerprint density at radius 1 is 1.27 bits per heavy atom. The fourth-order valence-electron chi connectivity index (χ4n) is 1.97. The minimum absolute atomic E-state index is 0.00652. The molecule has 0 atom stereocenters. The van der Waals surface area contributed by atoms with Gasteiger partial charge in [0.25, 0.3) is 0 Å². The number of carboxylic acid groups (broad SMARTS) is 1. The van der Waals surface area contributed by atoms with Crippen LogP contribution >= 0.6 is 11.3 Å². The minimum atomic E-state index is -1.06. The summed E-state index contributed by atoms with van der Waals surface area (Å²) in [4.78, 5) is 27.1. The number of benzene rings is 1. The van der Waals surface area contributed by atoms with Crippen molar-refractivity contribution >= 4 is 23.2 Å². The molecule has 0 fully saturated rings. The first-order valence-corrected chi connectivity index (χ1v) is 7.72. The molecule has 0 spiro atoms. The molecule has 2 N–H and O–H groups in total. The Hall–Kier alpha value is -2.21. The smallest absolute Gasteiger partial charge is 0.355 e. The number of nitrogens with one attached hydrogen (secondary N) is 1. The number of carbonyl (C=O) groups is 2. The normalized spacial score (nSPS) is 11.2. The highest BCUT2D eigenvalue weighted by Crippen LogP contribution is 2.24. The molecule has 1 aromatic heterocycles. The van der Waals surface area contributed by atoms with Gasteiger partial charge in [-0.15, -0.1) is 11.3 Å². The number of aromatic nitrogens is 1. The van der Waals surface area contributed by atoms with E-state index in [4.69, 9.17) is 5.11 Å². The van der Waals surface area contributed by atoms with Gasteiger partial charge in [-0.2, -0.15) is 0 Å². The van der Waals surface area contributed by atoms with E-state index in [0.29, 0.717) is 5.01 Å². The first-order valence-electron chi connectivity index (χ1n) is 6.84. The summed E-state index contributed by atoms with van der Waals surface area (Å²) in [7, 11) is 0. The van der Waals surface area contributed by atoms with Gasteiger partial charge < -0.3 is 10.4 Å². The SMILES string of the molecule is Cc1ccc(C(C)(C)C(=O)NCc2nc(C(=O)O)cs2)cc1. The zero-order valence-corrected chi connectivity index (χ0v) is 13.5. The number of hydrogen-bond donors (Lipinski definition) is 2. The number of carboxylic acids is 1. The number of thiazole rings is 1. The van der Waals surface area contributed by atoms with Crippen LogP contribution in [0, 0.1) is 6.92 Å². The second-order valence-corrected chi connectivity index (χ2v) is 6.55. The molecule has 0 bridgehead atoms. The van der Waals surface area contributed by atoms with E-state index >= 15 is 0 Å². The molecule has 2 aromatic rings. The lowest BCUT2D eigenvalue weighted by atomic mass is 9.83. The van der Waals surface area contributed by atoms with E-state index < -0.39 is 11.4 Å². The van der Waals surface area contributed by atoms with Crippen LogP contribution in [0.1, 0.15) is 40.5 Å². The summed E-state index contributed by atoms with van der Waals surface area (Å²) in [6, 6.07) is 7.84. The minimum Gasteiger partial charge on any atom is -0.476 e. The van der Waals surface area contributed by atoms with Crippen LogP contribution in [-0.2, 0) is 16.8 Å². The molecule has 22 heavy (non-hydrogen) atoms. The van der Waals surface area contributed by atoms with Gasteiger partial charge in [-0.25, -0.2) is 9.78 Å². The Labute approximate surface area is 133 Å². The molecular formula is C16H18N2O3S. The van der Waals surface area contributed by atoms with Crippen LogP contribution < -0.4 is 5.32 Å². The lowest BCUT2D eigenvalue weighted by Crippen LogP contribution is -2.39. The summed E-state index contributed by atoms with van der Waals surface area (Å²) in [6.07, 6.45) is 0. The molecule has 116 valence electrons. The van der Waals surface area contributed by atoms with Gasteiger partial charge in [-0.3, -0.25) is 4.79 Å². The van der Waals surface area contributed by atoms with Gasteiger partial charge in [0.2, 0.25) is 5.91 Å². The molecule has 5 nitrogen and oxygen atoms in total. The van der Waals surface area contributed by atoms with Crippen LogP contribution in [0.25, 0.3) is 0 Å². The zero-order valence-electron chi connectivity index (χ0n) is 12.7. The number of amides is 1. The van der Waals surface area contributed by atoms with E-state index in [1.807, 2.05) is 45.0 Å². The second kappa shape index (κ2) is 6.27. The Morgan fingerprint density at radius 2 is 1.91 bits per heavy atom. The number of rotatable bonds is 5. The number of nitrogens with zero attached hydrogens (tertiary/aromatic N) is 1. The van der Waals surface area contributed by atoms with Gasteiger partial charge in [0.15, 0.2) is 5.69 Å². The second-order valence-electron chi connectivity index (χ2n) is 5.61. The molecule has 0 unspecified atom stereocenters. The van der Waals surface area contributed by atoms with Gasteiger partial charge >= 0.3 is 5.97 Å². The first kappa shape index (κ1) is 16.2. The van der Waals surface area contributed by atoms with Crippen molar-refractivity contribution in [3.63, 3.8) is 0 Å². The summed E-state index contributed by atoms with van der Waals surface area (Å²) in [5.41, 5.74) is 1.41. The third-order valence-corrected chi connectivity index (χ3v) is 4.36. The largest absolute Gasteiger partial charge is 0.476 e. The summed E-state index contributed by atoms with van der Waals surface area (Å²) < 4.78 is 0. The molecule has 1 heterocycles. The van der Waals surface area contributed by atoms with E-state index in [1.54, 1.807) is 0 Å². The third kappa shape index (κ3) is 3.51. The average molecular weight is 318 g/mol. The number of carbonyl (C=O) groups excluding carboxylic acids is 1. The highest BCUT2D eigenvalue weighted by atomic mass is 32.1. The van der Waals surface area contributed by atoms with Crippen molar-refractivity contribution in [2.45, 2.75) is 32.7 Å². The predicted molar refractivity (Wildman–Crippen MR) is 85.1 cm³/mol. The van der Waals surface area contributed by atoms with Gasteiger partial charge in [-0.05, 0) is 26.3 Å². The predicted octanol–water partition coefficient (Wildman–Crippen LogP) is 2.74. The maximum atomic E-state index is 12.4. The summed E-state index contributed by atoms with van der Waals surface area (Å²) in [6.45, 7) is 5.94. The highest BCUT2D eigenvalue weighted by molar-refractivity contribution is 7.09. The molecule has 1 aromatic carbocycles. The molecule has 0 aliphatic carbocycles. The summed E-state index contributed by atoms with van der Waals surface area (Å²) in [5, 5.41) is 13.7. The van der Waals surface area contributed by atoms with Gasteiger partial charge in [-0.1, -0.05) is 29.8 Å². The number of hydrogen-bond acceptors (Lipinski definition) is 4. The molecule has 1 amide bonds. The Balaban J connectivity index is 2.04. The van der Waals surface area contributed by atoms with Gasteiger partial charge in [0, 0.05) is 5.38 Å². The monoisotopic (exact) mass is 318 g/mol. The van der Waals surface area contributed by atoms with E-state index in [-0.39, 0.29) is 18.1 Å². The quantitative estimate of drug-likeness (QED) is 0.888. The molecule has 0 saturated carbocycles. The fourth-order valence-corrected chi connectivity index (χ4v) is 2.68. The summed E-state index contributed by atoms with van der Waals surface area (Å²) >= 11 is 1.22.